The van der Waals surface area contributed by atoms with Crippen molar-refractivity contribution in [2.45, 2.75) is 19.4 Å². The van der Waals surface area contributed by atoms with E-state index in [9.17, 15) is 14.0 Å². The number of ether oxygens (including phenoxy) is 4. The SMILES string of the molecule is COc1ccc(CC(=O)O[C@H](C)C(=O)Nc2ccc3c(c2)OCCO3)cc1F. The predicted octanol–water partition coefficient (Wildman–Crippen LogP) is 2.72. The van der Waals surface area contributed by atoms with Gasteiger partial charge in [-0.3, -0.25) is 9.59 Å². The van der Waals surface area contributed by atoms with Gasteiger partial charge in [-0.25, -0.2) is 4.39 Å². The number of carbonyl (C=O) groups is 2. The van der Waals surface area contributed by atoms with Gasteiger partial charge >= 0.3 is 5.97 Å². The fraction of sp³-hybridized carbons (Fsp3) is 0.300. The highest BCUT2D eigenvalue weighted by molar-refractivity contribution is 5.95. The van der Waals surface area contributed by atoms with Gasteiger partial charge in [-0.15, -0.1) is 0 Å². The molecular weight excluding hydrogens is 369 g/mol. The lowest BCUT2D eigenvalue weighted by Gasteiger charge is -2.19. The van der Waals surface area contributed by atoms with Crippen LogP contribution in [0.1, 0.15) is 12.5 Å². The average Bonchev–Trinajstić information content (AvgIpc) is 2.68. The maximum Gasteiger partial charge on any atom is 0.311 e. The molecule has 8 heteroatoms. The van der Waals surface area contributed by atoms with E-state index < -0.39 is 23.8 Å². The zero-order chi connectivity index (χ0) is 20.1. The van der Waals surface area contributed by atoms with Gasteiger partial charge in [0.2, 0.25) is 0 Å². The lowest BCUT2D eigenvalue weighted by Crippen LogP contribution is -2.30. The average molecular weight is 389 g/mol. The van der Waals surface area contributed by atoms with Crippen LogP contribution in [0.25, 0.3) is 0 Å². The van der Waals surface area contributed by atoms with Gasteiger partial charge < -0.3 is 24.3 Å². The summed E-state index contributed by atoms with van der Waals surface area (Å²) in [6.45, 7) is 2.37. The Morgan fingerprint density at radius 3 is 2.61 bits per heavy atom. The molecule has 1 atom stereocenters. The minimum atomic E-state index is -1.02. The Hall–Kier alpha value is -3.29. The number of hydrogen-bond acceptors (Lipinski definition) is 6. The number of hydrogen-bond donors (Lipinski definition) is 1. The topological polar surface area (TPSA) is 83.1 Å². The molecule has 0 unspecified atom stereocenters. The van der Waals surface area contributed by atoms with Crippen molar-refractivity contribution in [3.63, 3.8) is 0 Å². The summed E-state index contributed by atoms with van der Waals surface area (Å²) < 4.78 is 34.5. The number of methoxy groups -OCH3 is 1. The van der Waals surface area contributed by atoms with Crippen LogP contribution >= 0.6 is 0 Å². The van der Waals surface area contributed by atoms with Crippen LogP contribution in [0.3, 0.4) is 0 Å². The van der Waals surface area contributed by atoms with Gasteiger partial charge in [0, 0.05) is 11.8 Å². The maximum absolute atomic E-state index is 13.7. The number of anilines is 1. The summed E-state index contributed by atoms with van der Waals surface area (Å²) in [6.07, 6.45) is -1.19. The van der Waals surface area contributed by atoms with Gasteiger partial charge in [0.1, 0.15) is 13.2 Å². The van der Waals surface area contributed by atoms with Crippen LogP contribution in [0, 0.1) is 5.82 Å². The van der Waals surface area contributed by atoms with E-state index in [2.05, 4.69) is 5.32 Å². The number of rotatable bonds is 6. The Morgan fingerprint density at radius 2 is 1.89 bits per heavy atom. The Bertz CT molecular complexity index is 885. The molecule has 2 aromatic carbocycles. The van der Waals surface area contributed by atoms with Gasteiger partial charge in [0.05, 0.1) is 13.5 Å². The van der Waals surface area contributed by atoms with Gasteiger partial charge in [-0.1, -0.05) is 6.07 Å². The Labute approximate surface area is 161 Å². The molecule has 148 valence electrons. The van der Waals surface area contributed by atoms with Crippen molar-refractivity contribution in [1.29, 1.82) is 0 Å². The first-order valence-corrected chi connectivity index (χ1v) is 8.68. The molecule has 3 rings (SSSR count). The second kappa shape index (κ2) is 8.60. The highest BCUT2D eigenvalue weighted by Gasteiger charge is 2.20. The summed E-state index contributed by atoms with van der Waals surface area (Å²) in [5.74, 6) is -0.479. The molecule has 0 saturated heterocycles. The quantitative estimate of drug-likeness (QED) is 0.765. The smallest absolute Gasteiger partial charge is 0.311 e. The number of nitrogens with one attached hydrogen (secondary N) is 1. The summed E-state index contributed by atoms with van der Waals surface area (Å²) >= 11 is 0. The van der Waals surface area contributed by atoms with Crippen molar-refractivity contribution < 1.29 is 32.9 Å². The normalized spacial score (nSPS) is 13.4. The zero-order valence-electron chi connectivity index (χ0n) is 15.5. The summed E-state index contributed by atoms with van der Waals surface area (Å²) in [4.78, 5) is 24.3. The number of carbonyl (C=O) groups excluding carboxylic acids is 2. The fourth-order valence-corrected chi connectivity index (χ4v) is 2.64. The Kier molecular flexibility index (Phi) is 5.98. The minimum absolute atomic E-state index is 0.0873. The first-order chi connectivity index (χ1) is 13.5. The van der Waals surface area contributed by atoms with E-state index in [0.717, 1.165) is 0 Å². The van der Waals surface area contributed by atoms with Crippen LogP contribution in [0.2, 0.25) is 0 Å². The van der Waals surface area contributed by atoms with E-state index in [-0.39, 0.29) is 12.2 Å². The highest BCUT2D eigenvalue weighted by Crippen LogP contribution is 2.32. The van der Waals surface area contributed by atoms with Crippen LogP contribution in [0.4, 0.5) is 10.1 Å². The first kappa shape index (κ1) is 19.5. The van der Waals surface area contributed by atoms with E-state index in [1.54, 1.807) is 24.3 Å². The van der Waals surface area contributed by atoms with E-state index in [4.69, 9.17) is 18.9 Å². The Morgan fingerprint density at radius 1 is 1.14 bits per heavy atom. The monoisotopic (exact) mass is 389 g/mol. The molecule has 1 aliphatic rings. The third kappa shape index (κ3) is 4.70. The second-order valence-electron chi connectivity index (χ2n) is 6.13. The van der Waals surface area contributed by atoms with Crippen LogP contribution in [0.15, 0.2) is 36.4 Å². The zero-order valence-corrected chi connectivity index (χ0v) is 15.5. The number of fused-ring (bicyclic) bond motifs is 1. The lowest BCUT2D eigenvalue weighted by atomic mass is 10.1. The van der Waals surface area contributed by atoms with Crippen LogP contribution in [0.5, 0.6) is 17.2 Å². The molecule has 0 saturated carbocycles. The standard InChI is InChI=1S/C20H20FNO6/c1-12(28-19(23)10-13-3-5-16(25-2)15(21)9-13)20(24)22-14-4-6-17-18(11-14)27-8-7-26-17/h3-6,9,11-12H,7-8,10H2,1-2H3,(H,22,24)/t12-/m1/s1. The number of halogens is 1. The molecule has 1 amide bonds. The third-order valence-corrected chi connectivity index (χ3v) is 4.05. The molecule has 0 aliphatic carbocycles. The predicted molar refractivity (Wildman–Crippen MR) is 98.3 cm³/mol. The maximum atomic E-state index is 13.7. The molecule has 0 spiro atoms. The Balaban J connectivity index is 1.55. The molecule has 2 aromatic rings. The molecule has 28 heavy (non-hydrogen) atoms. The van der Waals surface area contributed by atoms with Gasteiger partial charge in [-0.2, -0.15) is 0 Å². The van der Waals surface area contributed by atoms with E-state index in [0.29, 0.717) is 36.0 Å². The fourth-order valence-electron chi connectivity index (χ4n) is 2.64. The van der Waals surface area contributed by atoms with Crippen molar-refractivity contribution in [2.75, 3.05) is 25.6 Å². The van der Waals surface area contributed by atoms with E-state index in [1.165, 1.54) is 26.2 Å². The van der Waals surface area contributed by atoms with Crippen LogP contribution in [-0.4, -0.2) is 38.3 Å². The first-order valence-electron chi connectivity index (χ1n) is 8.68. The molecular formula is C20H20FNO6. The minimum Gasteiger partial charge on any atom is -0.494 e. The summed E-state index contributed by atoms with van der Waals surface area (Å²) in [5, 5.41) is 2.66. The molecule has 1 heterocycles. The molecule has 1 N–H and O–H groups in total. The summed E-state index contributed by atoms with van der Waals surface area (Å²) in [7, 11) is 1.36. The molecule has 0 aromatic heterocycles. The third-order valence-electron chi connectivity index (χ3n) is 4.05. The van der Waals surface area contributed by atoms with Gasteiger partial charge in [0.25, 0.3) is 5.91 Å². The number of esters is 1. The molecule has 7 nitrogen and oxygen atoms in total. The molecule has 0 bridgehead atoms. The van der Waals surface area contributed by atoms with Crippen molar-refractivity contribution in [1.82, 2.24) is 0 Å². The van der Waals surface area contributed by atoms with Crippen molar-refractivity contribution >= 4 is 17.6 Å². The van der Waals surface area contributed by atoms with Gasteiger partial charge in [0.15, 0.2) is 29.2 Å². The highest BCUT2D eigenvalue weighted by atomic mass is 19.1. The number of benzene rings is 2. The van der Waals surface area contributed by atoms with Crippen molar-refractivity contribution in [3.8, 4) is 17.2 Å². The second-order valence-corrected chi connectivity index (χ2v) is 6.13. The van der Waals surface area contributed by atoms with Crippen LogP contribution in [-0.2, 0) is 20.7 Å². The van der Waals surface area contributed by atoms with E-state index >= 15 is 0 Å². The largest absolute Gasteiger partial charge is 0.494 e. The molecule has 0 fully saturated rings. The number of amides is 1. The summed E-state index contributed by atoms with van der Waals surface area (Å²) in [5.41, 5.74) is 0.914. The lowest BCUT2D eigenvalue weighted by molar-refractivity contribution is -0.152. The molecule has 0 radical (unpaired) electrons. The van der Waals surface area contributed by atoms with Crippen molar-refractivity contribution in [2.24, 2.45) is 0 Å². The summed E-state index contributed by atoms with van der Waals surface area (Å²) in [6, 6.07) is 9.18. The van der Waals surface area contributed by atoms with E-state index in [1.807, 2.05) is 0 Å². The molecule has 1 aliphatic heterocycles. The van der Waals surface area contributed by atoms with Crippen molar-refractivity contribution in [3.05, 3.63) is 47.8 Å². The van der Waals surface area contributed by atoms with Gasteiger partial charge in [-0.05, 0) is 36.8 Å². The van der Waals surface area contributed by atoms with Crippen LogP contribution < -0.4 is 19.5 Å².